The Bertz CT molecular complexity index is 572. The van der Waals surface area contributed by atoms with E-state index in [0.717, 1.165) is 17.0 Å². The largest absolute Gasteiger partial charge is 0.271 e. The lowest BCUT2D eigenvalue weighted by molar-refractivity contribution is 0.537. The van der Waals surface area contributed by atoms with Gasteiger partial charge in [0.05, 0.1) is 11.7 Å². The second-order valence-corrected chi connectivity index (χ2v) is 5.21. The van der Waals surface area contributed by atoms with Crippen LogP contribution in [0.5, 0.6) is 0 Å². The quantitative estimate of drug-likeness (QED) is 0.671. The molecule has 0 saturated heterocycles. The van der Waals surface area contributed by atoms with Gasteiger partial charge in [0.15, 0.2) is 0 Å². The van der Waals surface area contributed by atoms with Crippen LogP contribution in [-0.2, 0) is 6.42 Å². The number of nitrogens with two attached hydrogens (primary N) is 1. The summed E-state index contributed by atoms with van der Waals surface area (Å²) in [4.78, 5) is 4.48. The molecule has 0 aliphatic carbocycles. The van der Waals surface area contributed by atoms with E-state index in [9.17, 15) is 0 Å². The average molecular weight is 296 g/mol. The molecule has 0 fully saturated rings. The van der Waals surface area contributed by atoms with E-state index in [0.29, 0.717) is 16.5 Å². The molecule has 2 rings (SSSR count). The number of hydrogen-bond donors (Lipinski definition) is 2. The van der Waals surface area contributed by atoms with Gasteiger partial charge in [0.2, 0.25) is 0 Å². The molecule has 1 aromatic carbocycles. The average Bonchev–Trinajstić information content (AvgIpc) is 2.38. The van der Waals surface area contributed by atoms with Crippen molar-refractivity contribution in [1.82, 2.24) is 10.4 Å². The number of aromatic nitrogens is 1. The third-order valence-electron chi connectivity index (χ3n) is 2.91. The third-order valence-corrected chi connectivity index (χ3v) is 3.49. The van der Waals surface area contributed by atoms with Crippen LogP contribution in [0.3, 0.4) is 0 Å². The number of benzene rings is 1. The monoisotopic (exact) mass is 295 g/mol. The standard InChI is InChI=1S/C14H15Cl2N3/c1-9-3-2-4-13(18-9)14(19-17)7-10-5-6-11(15)8-12(10)16/h2-6,8,14,19H,7,17H2,1H3. The van der Waals surface area contributed by atoms with Crippen molar-refractivity contribution in [2.45, 2.75) is 19.4 Å². The first kappa shape index (κ1) is 14.3. The molecule has 2 aromatic rings. The Morgan fingerprint density at radius 2 is 2.05 bits per heavy atom. The highest BCUT2D eigenvalue weighted by Gasteiger charge is 2.14. The maximum Gasteiger partial charge on any atom is 0.0673 e. The lowest BCUT2D eigenvalue weighted by Crippen LogP contribution is -2.30. The predicted molar refractivity (Wildman–Crippen MR) is 79.2 cm³/mol. The Labute approximate surface area is 122 Å². The fourth-order valence-electron chi connectivity index (χ4n) is 1.91. The molecule has 100 valence electrons. The second-order valence-electron chi connectivity index (χ2n) is 4.36. The normalized spacial score (nSPS) is 12.4. The lowest BCUT2D eigenvalue weighted by atomic mass is 10.0. The van der Waals surface area contributed by atoms with Crippen molar-refractivity contribution < 1.29 is 0 Å². The molecule has 5 heteroatoms. The Kier molecular flexibility index (Phi) is 4.77. The van der Waals surface area contributed by atoms with Gasteiger partial charge < -0.3 is 0 Å². The van der Waals surface area contributed by atoms with Gasteiger partial charge in [-0.05, 0) is 43.2 Å². The first-order chi connectivity index (χ1) is 9.10. The van der Waals surface area contributed by atoms with E-state index in [4.69, 9.17) is 29.0 Å². The maximum absolute atomic E-state index is 6.18. The summed E-state index contributed by atoms with van der Waals surface area (Å²) in [6.07, 6.45) is 0.656. The molecule has 0 amide bonds. The van der Waals surface area contributed by atoms with Gasteiger partial charge in [0.25, 0.3) is 0 Å². The summed E-state index contributed by atoms with van der Waals surface area (Å²) in [5.41, 5.74) is 5.62. The van der Waals surface area contributed by atoms with E-state index < -0.39 is 0 Å². The minimum Gasteiger partial charge on any atom is -0.271 e. The molecule has 3 N–H and O–H groups in total. The zero-order valence-electron chi connectivity index (χ0n) is 10.5. The highest BCUT2D eigenvalue weighted by Crippen LogP contribution is 2.25. The SMILES string of the molecule is Cc1cccc(C(Cc2ccc(Cl)cc2Cl)NN)n1. The second kappa shape index (κ2) is 6.35. The molecule has 0 bridgehead atoms. The summed E-state index contributed by atoms with van der Waals surface area (Å²) >= 11 is 12.1. The highest BCUT2D eigenvalue weighted by molar-refractivity contribution is 6.35. The van der Waals surface area contributed by atoms with Crippen molar-refractivity contribution >= 4 is 23.2 Å². The van der Waals surface area contributed by atoms with Crippen molar-refractivity contribution in [1.29, 1.82) is 0 Å². The molecule has 1 atom stereocenters. The van der Waals surface area contributed by atoms with Crippen LogP contribution in [0.25, 0.3) is 0 Å². The first-order valence-electron chi connectivity index (χ1n) is 5.94. The molecule has 0 spiro atoms. The summed E-state index contributed by atoms with van der Waals surface area (Å²) in [6.45, 7) is 1.95. The summed E-state index contributed by atoms with van der Waals surface area (Å²) in [6, 6.07) is 11.2. The molecule has 1 aromatic heterocycles. The maximum atomic E-state index is 6.18. The summed E-state index contributed by atoms with van der Waals surface area (Å²) in [7, 11) is 0. The van der Waals surface area contributed by atoms with Gasteiger partial charge in [0, 0.05) is 15.7 Å². The fraction of sp³-hybridized carbons (Fsp3) is 0.214. The summed E-state index contributed by atoms with van der Waals surface area (Å²) in [5.74, 6) is 5.62. The zero-order chi connectivity index (χ0) is 13.8. The Hall–Kier alpha value is -1.13. The van der Waals surface area contributed by atoms with Crippen molar-refractivity contribution in [2.75, 3.05) is 0 Å². The number of rotatable bonds is 4. The van der Waals surface area contributed by atoms with Crippen molar-refractivity contribution in [3.8, 4) is 0 Å². The minimum absolute atomic E-state index is 0.0847. The molecule has 1 unspecified atom stereocenters. The van der Waals surface area contributed by atoms with Crippen LogP contribution in [0.1, 0.15) is 23.0 Å². The zero-order valence-corrected chi connectivity index (χ0v) is 12.0. The van der Waals surface area contributed by atoms with E-state index in [1.807, 2.05) is 37.3 Å². The first-order valence-corrected chi connectivity index (χ1v) is 6.69. The summed E-state index contributed by atoms with van der Waals surface area (Å²) in [5, 5.41) is 1.26. The number of halogens is 2. The van der Waals surface area contributed by atoms with Crippen LogP contribution >= 0.6 is 23.2 Å². The van der Waals surface area contributed by atoms with Gasteiger partial charge >= 0.3 is 0 Å². The van der Waals surface area contributed by atoms with Crippen LogP contribution in [0, 0.1) is 6.92 Å². The smallest absolute Gasteiger partial charge is 0.0673 e. The highest BCUT2D eigenvalue weighted by atomic mass is 35.5. The van der Waals surface area contributed by atoms with Crippen molar-refractivity contribution in [3.05, 3.63) is 63.4 Å². The molecule has 0 saturated carbocycles. The number of hydrogen-bond acceptors (Lipinski definition) is 3. The molecule has 1 heterocycles. The van der Waals surface area contributed by atoms with Crippen LogP contribution in [-0.4, -0.2) is 4.98 Å². The Morgan fingerprint density at radius 3 is 2.68 bits per heavy atom. The molecular formula is C14H15Cl2N3. The number of aryl methyl sites for hydroxylation is 1. The third kappa shape index (κ3) is 3.67. The van der Waals surface area contributed by atoms with Gasteiger partial charge in [-0.15, -0.1) is 0 Å². The number of nitrogens with one attached hydrogen (secondary N) is 1. The van der Waals surface area contributed by atoms with Crippen LogP contribution < -0.4 is 11.3 Å². The van der Waals surface area contributed by atoms with Crippen LogP contribution in [0.4, 0.5) is 0 Å². The van der Waals surface area contributed by atoms with Gasteiger partial charge in [-0.3, -0.25) is 16.3 Å². The van der Waals surface area contributed by atoms with E-state index in [1.54, 1.807) is 6.07 Å². The van der Waals surface area contributed by atoms with Crippen molar-refractivity contribution in [3.63, 3.8) is 0 Å². The van der Waals surface area contributed by atoms with Crippen molar-refractivity contribution in [2.24, 2.45) is 5.84 Å². The molecular weight excluding hydrogens is 281 g/mol. The Balaban J connectivity index is 2.24. The van der Waals surface area contributed by atoms with Gasteiger partial charge in [-0.25, -0.2) is 0 Å². The topological polar surface area (TPSA) is 50.9 Å². The Morgan fingerprint density at radius 1 is 1.26 bits per heavy atom. The minimum atomic E-state index is -0.0847. The number of pyridine rings is 1. The van der Waals surface area contributed by atoms with Gasteiger partial charge in [0.1, 0.15) is 0 Å². The molecule has 0 radical (unpaired) electrons. The van der Waals surface area contributed by atoms with Gasteiger partial charge in [-0.1, -0.05) is 35.3 Å². The molecule has 3 nitrogen and oxygen atoms in total. The number of hydrazine groups is 1. The number of nitrogens with zero attached hydrogens (tertiary/aromatic N) is 1. The fourth-order valence-corrected chi connectivity index (χ4v) is 2.40. The van der Waals surface area contributed by atoms with E-state index >= 15 is 0 Å². The predicted octanol–water partition coefficient (Wildman–Crippen LogP) is 3.44. The molecule has 19 heavy (non-hydrogen) atoms. The van der Waals surface area contributed by atoms with Crippen LogP contribution in [0.2, 0.25) is 10.0 Å². The lowest BCUT2D eigenvalue weighted by Gasteiger charge is -2.16. The van der Waals surface area contributed by atoms with E-state index in [-0.39, 0.29) is 6.04 Å². The molecule has 0 aliphatic rings. The van der Waals surface area contributed by atoms with Crippen LogP contribution in [0.15, 0.2) is 36.4 Å². The van der Waals surface area contributed by atoms with E-state index in [1.165, 1.54) is 0 Å². The summed E-state index contributed by atoms with van der Waals surface area (Å²) < 4.78 is 0. The van der Waals surface area contributed by atoms with E-state index in [2.05, 4.69) is 10.4 Å². The molecule has 0 aliphatic heterocycles. The van der Waals surface area contributed by atoms with Gasteiger partial charge in [-0.2, -0.15) is 0 Å².